The summed E-state index contributed by atoms with van der Waals surface area (Å²) in [6, 6.07) is 11.7. The number of hydrogen-bond acceptors (Lipinski definition) is 4. The van der Waals surface area contributed by atoms with E-state index in [0.29, 0.717) is 0 Å². The van der Waals surface area contributed by atoms with Crippen LogP contribution in [0.15, 0.2) is 272 Å². The molecule has 328 valence electrons. The molecular formula is C60H62B2N4. The van der Waals surface area contributed by atoms with E-state index in [1.807, 2.05) is 49.5 Å². The summed E-state index contributed by atoms with van der Waals surface area (Å²) in [7, 11) is 0. The van der Waals surface area contributed by atoms with E-state index in [1.165, 1.54) is 44.2 Å². The summed E-state index contributed by atoms with van der Waals surface area (Å²) < 4.78 is 0. The van der Waals surface area contributed by atoms with Crippen LogP contribution in [0.3, 0.4) is 0 Å². The third kappa shape index (κ3) is 7.71. The molecule has 0 spiro atoms. The molecular weight excluding hydrogens is 798 g/mol. The van der Waals surface area contributed by atoms with Gasteiger partial charge in [-0.2, -0.15) is 0 Å². The van der Waals surface area contributed by atoms with Crippen LogP contribution in [0, 0.1) is 0 Å². The molecule has 0 unspecified atom stereocenters. The Morgan fingerprint density at radius 2 is 1.30 bits per heavy atom. The van der Waals surface area contributed by atoms with Crippen LogP contribution >= 0.6 is 0 Å². The zero-order valence-electron chi connectivity index (χ0n) is 39.8. The average Bonchev–Trinajstić information content (AvgIpc) is 3.33. The summed E-state index contributed by atoms with van der Waals surface area (Å²) in [5, 5.41) is 0. The molecule has 0 amide bonds. The van der Waals surface area contributed by atoms with Gasteiger partial charge in [0.05, 0.1) is 0 Å². The zero-order valence-corrected chi connectivity index (χ0v) is 39.8. The molecule has 0 N–H and O–H groups in total. The molecule has 66 heavy (non-hydrogen) atoms. The van der Waals surface area contributed by atoms with Crippen molar-refractivity contribution in [3.05, 3.63) is 272 Å². The Hall–Kier alpha value is -7.43. The lowest BCUT2D eigenvalue weighted by Gasteiger charge is -2.50. The summed E-state index contributed by atoms with van der Waals surface area (Å²) in [6.07, 6.45) is 50.1. The Labute approximate surface area is 396 Å². The minimum absolute atomic E-state index is 0.109. The van der Waals surface area contributed by atoms with Crippen molar-refractivity contribution in [1.82, 2.24) is 4.90 Å². The zero-order chi connectivity index (χ0) is 47.1. The van der Waals surface area contributed by atoms with E-state index < -0.39 is 0 Å². The lowest BCUT2D eigenvalue weighted by molar-refractivity contribution is 0.514. The first-order valence-corrected chi connectivity index (χ1v) is 23.1. The summed E-state index contributed by atoms with van der Waals surface area (Å²) >= 11 is 0. The van der Waals surface area contributed by atoms with Gasteiger partial charge in [-0.25, -0.2) is 0 Å². The molecule has 0 aromatic heterocycles. The van der Waals surface area contributed by atoms with Gasteiger partial charge in [0.25, 0.3) is 13.4 Å². The minimum atomic E-state index is -0.140. The molecule has 7 rings (SSSR count). The quantitative estimate of drug-likeness (QED) is 0.131. The minimum Gasteiger partial charge on any atom is -0.316 e. The molecule has 2 aromatic rings. The number of hydrogen-bond donors (Lipinski definition) is 0. The summed E-state index contributed by atoms with van der Waals surface area (Å²) in [5.74, 6) is 0. The van der Waals surface area contributed by atoms with Crippen LogP contribution in [0.25, 0.3) is 0 Å². The van der Waals surface area contributed by atoms with E-state index in [-0.39, 0.29) is 13.4 Å². The van der Waals surface area contributed by atoms with Gasteiger partial charge in [-0.1, -0.05) is 143 Å². The number of nitrogens with zero attached hydrogens (tertiary/aromatic N) is 4. The highest BCUT2D eigenvalue weighted by atomic mass is 15.2. The van der Waals surface area contributed by atoms with E-state index >= 15 is 0 Å². The van der Waals surface area contributed by atoms with Crippen molar-refractivity contribution in [2.24, 2.45) is 0 Å². The molecule has 4 heterocycles. The number of fused-ring (bicyclic) bond motifs is 4. The van der Waals surface area contributed by atoms with E-state index in [4.69, 9.17) is 0 Å². The number of allylic oxidation sites excluding steroid dienone is 27. The van der Waals surface area contributed by atoms with E-state index in [2.05, 4.69) is 221 Å². The van der Waals surface area contributed by atoms with Gasteiger partial charge in [0.15, 0.2) is 0 Å². The molecule has 5 aliphatic rings. The first-order valence-electron chi connectivity index (χ1n) is 23.1. The van der Waals surface area contributed by atoms with Gasteiger partial charge < -0.3 is 19.6 Å². The molecule has 4 aliphatic heterocycles. The van der Waals surface area contributed by atoms with E-state index in [0.717, 1.165) is 69.8 Å². The van der Waals surface area contributed by atoms with Crippen molar-refractivity contribution >= 4 is 52.6 Å². The maximum absolute atomic E-state index is 4.48. The summed E-state index contributed by atoms with van der Waals surface area (Å²) in [5.41, 5.74) is 20.4. The number of benzene rings is 2. The SMILES string of the molecule is C=C/C=C\C(=C/C)N1C(C=C)=C(/C=C\C)B2c3cc4c(cc3N(C(/C=C\C)=C/C=C)c3cccc1c32)N(C(/C=C\C)=C/C=C)C1=CCCC2=C1B4C(=C/C=C)/C(=C\C)N2/C(C=C)=C/C=C\C. The van der Waals surface area contributed by atoms with Crippen molar-refractivity contribution in [3.63, 3.8) is 0 Å². The molecule has 0 saturated carbocycles. The second kappa shape index (κ2) is 20.6. The predicted molar refractivity (Wildman–Crippen MR) is 293 cm³/mol. The molecule has 1 aliphatic carbocycles. The predicted octanol–water partition coefficient (Wildman–Crippen LogP) is 13.6. The second-order valence-electron chi connectivity index (χ2n) is 16.2. The third-order valence-electron chi connectivity index (χ3n) is 12.7. The normalized spacial score (nSPS) is 18.9. The van der Waals surface area contributed by atoms with Crippen molar-refractivity contribution < 1.29 is 0 Å². The lowest BCUT2D eigenvalue weighted by atomic mass is 9.28. The largest absolute Gasteiger partial charge is 0.316 e. The van der Waals surface area contributed by atoms with Crippen LogP contribution < -0.4 is 31.1 Å². The maximum atomic E-state index is 4.48. The van der Waals surface area contributed by atoms with Crippen LogP contribution in [0.1, 0.15) is 54.4 Å². The van der Waals surface area contributed by atoms with E-state index in [1.54, 1.807) is 0 Å². The molecule has 0 atom stereocenters. The molecule has 6 heteroatoms. The molecule has 2 aromatic carbocycles. The third-order valence-corrected chi connectivity index (χ3v) is 12.7. The van der Waals surface area contributed by atoms with Crippen molar-refractivity contribution in [2.75, 3.05) is 14.7 Å². The first kappa shape index (κ1) is 46.6. The van der Waals surface area contributed by atoms with Crippen molar-refractivity contribution in [1.29, 1.82) is 0 Å². The van der Waals surface area contributed by atoms with E-state index in [9.17, 15) is 0 Å². The van der Waals surface area contributed by atoms with Gasteiger partial charge in [0.1, 0.15) is 0 Å². The van der Waals surface area contributed by atoms with Crippen LogP contribution in [-0.4, -0.2) is 18.3 Å². The molecule has 0 fully saturated rings. The highest BCUT2D eigenvalue weighted by molar-refractivity contribution is 6.97. The fourth-order valence-corrected chi connectivity index (χ4v) is 10.4. The topological polar surface area (TPSA) is 13.0 Å². The monoisotopic (exact) mass is 861 g/mol. The van der Waals surface area contributed by atoms with Crippen molar-refractivity contribution in [3.8, 4) is 0 Å². The Morgan fingerprint density at radius 3 is 1.89 bits per heavy atom. The smallest absolute Gasteiger partial charge is 0.252 e. The number of anilines is 4. The maximum Gasteiger partial charge on any atom is 0.252 e. The van der Waals surface area contributed by atoms with Crippen LogP contribution in [0.5, 0.6) is 0 Å². The standard InChI is InChI=1S/C60H62B2N4/c1-13-25-35-43(21-9)63-51(23-11)47(33-19-7)61-49-41-50-58(42-57(49)65(45(29-15-3)30-16-4)55-39-27-37-53(63)59(55)61)66(46(31-17-5)32-18-6)56-40-28-38-54-60(56)62(50)48(34-20-8)52(24-12)64(54)44(22-10)36-26-14-2/h13-27,29-37,39-42H,1,3,5,8,10-11,28,38H2,2,4,6-7,9,12H3/b26-14-,30-16-,32-18-,33-19-,35-25-,43-21+,44-36+,45-29+,46-31+,48-34+,52-24+. The van der Waals surface area contributed by atoms with Gasteiger partial charge in [0, 0.05) is 68.3 Å². The Kier molecular flexibility index (Phi) is 14.5. The highest BCUT2D eigenvalue weighted by Gasteiger charge is 2.50. The number of rotatable bonds is 15. The van der Waals surface area contributed by atoms with Gasteiger partial charge in [0.2, 0.25) is 0 Å². The fraction of sp³-hybridized carbons (Fsp3) is 0.133. The molecule has 0 radical (unpaired) electrons. The second-order valence-corrected chi connectivity index (χ2v) is 16.2. The lowest BCUT2D eigenvalue weighted by Crippen LogP contribution is -2.59. The van der Waals surface area contributed by atoms with Crippen LogP contribution in [0.2, 0.25) is 0 Å². The highest BCUT2D eigenvalue weighted by Crippen LogP contribution is 2.50. The van der Waals surface area contributed by atoms with Gasteiger partial charge in [-0.15, -0.1) is 0 Å². The van der Waals surface area contributed by atoms with Gasteiger partial charge in [-0.3, -0.25) is 0 Å². The average molecular weight is 861 g/mol. The molecule has 4 nitrogen and oxygen atoms in total. The van der Waals surface area contributed by atoms with Crippen LogP contribution in [0.4, 0.5) is 22.7 Å². The van der Waals surface area contributed by atoms with Gasteiger partial charge in [-0.05, 0) is 154 Å². The molecule has 0 bridgehead atoms. The van der Waals surface area contributed by atoms with Crippen LogP contribution in [-0.2, 0) is 0 Å². The Morgan fingerprint density at radius 1 is 0.621 bits per heavy atom. The summed E-state index contributed by atoms with van der Waals surface area (Å²) in [6.45, 7) is 37.9. The summed E-state index contributed by atoms with van der Waals surface area (Å²) in [4.78, 5) is 9.69. The molecule has 0 saturated heterocycles. The fourth-order valence-electron chi connectivity index (χ4n) is 10.4. The van der Waals surface area contributed by atoms with Gasteiger partial charge >= 0.3 is 0 Å². The Balaban J connectivity index is 1.72. The van der Waals surface area contributed by atoms with Crippen molar-refractivity contribution in [2.45, 2.75) is 54.4 Å². The first-order chi connectivity index (χ1) is 32.3. The Bertz CT molecular complexity index is 2850.